The van der Waals surface area contributed by atoms with Gasteiger partial charge in [0.2, 0.25) is 0 Å². The summed E-state index contributed by atoms with van der Waals surface area (Å²) in [5, 5.41) is 2.69. The number of nitrogens with one attached hydrogen (secondary N) is 1. The van der Waals surface area contributed by atoms with Crippen LogP contribution in [0.25, 0.3) is 0 Å². The van der Waals surface area contributed by atoms with Gasteiger partial charge in [0.05, 0.1) is 12.1 Å². The van der Waals surface area contributed by atoms with Gasteiger partial charge < -0.3 is 19.5 Å². The van der Waals surface area contributed by atoms with Crippen molar-refractivity contribution in [2.75, 3.05) is 19.8 Å². The summed E-state index contributed by atoms with van der Waals surface area (Å²) in [6, 6.07) is 9.14. The van der Waals surface area contributed by atoms with Crippen LogP contribution in [0.1, 0.15) is 20.1 Å². The van der Waals surface area contributed by atoms with Crippen molar-refractivity contribution in [3.05, 3.63) is 45.6 Å². The van der Waals surface area contributed by atoms with Gasteiger partial charge in [-0.1, -0.05) is 12.1 Å². The number of rotatable bonds is 5. The van der Waals surface area contributed by atoms with Crippen molar-refractivity contribution in [2.24, 2.45) is 0 Å². The molecule has 2 heterocycles. The molecule has 0 unspecified atom stereocenters. The van der Waals surface area contributed by atoms with Crippen molar-refractivity contribution in [1.29, 1.82) is 0 Å². The van der Waals surface area contributed by atoms with E-state index in [1.165, 1.54) is 11.3 Å². The standard InChI is InChI=1S/C18H19NO5S/c1-11-7-14(12(2)25-11)18(21)23-10-17(20)19-8-13-9-22-15-5-3-4-6-16(15)24-13/h3-7,13H,8-10H2,1-2H3,(H,19,20)/t13-/m0/s1. The zero-order valence-electron chi connectivity index (χ0n) is 14.0. The van der Waals surface area contributed by atoms with E-state index in [4.69, 9.17) is 14.2 Å². The maximum Gasteiger partial charge on any atom is 0.339 e. The van der Waals surface area contributed by atoms with E-state index < -0.39 is 5.97 Å². The third kappa shape index (κ3) is 4.30. The molecule has 132 valence electrons. The van der Waals surface area contributed by atoms with Crippen molar-refractivity contribution in [1.82, 2.24) is 5.32 Å². The summed E-state index contributed by atoms with van der Waals surface area (Å²) in [5.41, 5.74) is 0.510. The van der Waals surface area contributed by atoms with Gasteiger partial charge in [-0.15, -0.1) is 11.3 Å². The number of aryl methyl sites for hydroxylation is 2. The molecule has 1 aliphatic rings. The van der Waals surface area contributed by atoms with E-state index in [9.17, 15) is 9.59 Å². The Kier molecular flexibility index (Phi) is 5.23. The summed E-state index contributed by atoms with van der Waals surface area (Å²) in [6.45, 7) is 4.08. The maximum atomic E-state index is 12.0. The van der Waals surface area contributed by atoms with Crippen LogP contribution < -0.4 is 14.8 Å². The van der Waals surface area contributed by atoms with Crippen LogP contribution in [0.3, 0.4) is 0 Å². The highest BCUT2D eigenvalue weighted by Gasteiger charge is 2.21. The van der Waals surface area contributed by atoms with Gasteiger partial charge in [0.25, 0.3) is 5.91 Å². The van der Waals surface area contributed by atoms with Crippen molar-refractivity contribution < 1.29 is 23.8 Å². The fraction of sp³-hybridized carbons (Fsp3) is 0.333. The third-order valence-electron chi connectivity index (χ3n) is 3.69. The van der Waals surface area contributed by atoms with Crippen LogP contribution in [0.5, 0.6) is 11.5 Å². The monoisotopic (exact) mass is 361 g/mol. The number of fused-ring (bicyclic) bond motifs is 1. The smallest absolute Gasteiger partial charge is 0.339 e. The van der Waals surface area contributed by atoms with Gasteiger partial charge in [-0.2, -0.15) is 0 Å². The van der Waals surface area contributed by atoms with E-state index in [0.717, 1.165) is 9.75 Å². The summed E-state index contributed by atoms with van der Waals surface area (Å²) >= 11 is 1.52. The Hall–Kier alpha value is -2.54. The minimum Gasteiger partial charge on any atom is -0.486 e. The highest BCUT2D eigenvalue weighted by atomic mass is 32.1. The average molecular weight is 361 g/mol. The number of benzene rings is 1. The Labute approximate surface area is 149 Å². The predicted octanol–water partition coefficient (Wildman–Crippen LogP) is 2.48. The van der Waals surface area contributed by atoms with Gasteiger partial charge in [0.1, 0.15) is 12.7 Å². The molecule has 3 rings (SSSR count). The SMILES string of the molecule is Cc1cc(C(=O)OCC(=O)NC[C@H]2COc3ccccc3O2)c(C)s1. The Morgan fingerprint density at radius 2 is 2.04 bits per heavy atom. The van der Waals surface area contributed by atoms with E-state index >= 15 is 0 Å². The number of ether oxygens (including phenoxy) is 3. The molecule has 0 saturated heterocycles. The molecule has 7 heteroatoms. The van der Waals surface area contributed by atoms with Gasteiger partial charge in [0, 0.05) is 9.75 Å². The second kappa shape index (κ2) is 7.57. The summed E-state index contributed by atoms with van der Waals surface area (Å²) in [6.07, 6.45) is -0.281. The molecule has 0 aliphatic carbocycles. The second-order valence-corrected chi connectivity index (χ2v) is 7.17. The number of carbonyl (C=O) groups excluding carboxylic acids is 2. The lowest BCUT2D eigenvalue weighted by Crippen LogP contribution is -2.42. The number of esters is 1. The lowest BCUT2D eigenvalue weighted by molar-refractivity contribution is -0.124. The van der Waals surface area contributed by atoms with E-state index in [0.29, 0.717) is 23.7 Å². The zero-order valence-corrected chi connectivity index (χ0v) is 14.9. The Balaban J connectivity index is 1.43. The fourth-order valence-corrected chi connectivity index (χ4v) is 3.40. The molecule has 1 aromatic heterocycles. The molecule has 0 fully saturated rings. The van der Waals surface area contributed by atoms with E-state index in [2.05, 4.69) is 5.32 Å². The predicted molar refractivity (Wildman–Crippen MR) is 93.4 cm³/mol. The van der Waals surface area contributed by atoms with Crippen LogP contribution in [-0.2, 0) is 9.53 Å². The van der Waals surface area contributed by atoms with Gasteiger partial charge in [-0.3, -0.25) is 4.79 Å². The first-order valence-electron chi connectivity index (χ1n) is 7.92. The number of hydrogen-bond acceptors (Lipinski definition) is 6. The Bertz CT molecular complexity index is 786. The fourth-order valence-electron chi connectivity index (χ4n) is 2.48. The Morgan fingerprint density at radius 1 is 1.28 bits per heavy atom. The average Bonchev–Trinajstić information content (AvgIpc) is 2.96. The molecule has 1 N–H and O–H groups in total. The molecule has 0 saturated carbocycles. The molecular formula is C18H19NO5S. The second-order valence-electron chi connectivity index (χ2n) is 5.70. The van der Waals surface area contributed by atoms with E-state index in [1.54, 1.807) is 6.07 Å². The Morgan fingerprint density at radius 3 is 2.76 bits per heavy atom. The number of thiophene rings is 1. The highest BCUT2D eigenvalue weighted by molar-refractivity contribution is 7.12. The first-order valence-corrected chi connectivity index (χ1v) is 8.74. The molecule has 1 aromatic carbocycles. The van der Waals surface area contributed by atoms with Crippen LogP contribution in [-0.4, -0.2) is 37.7 Å². The molecule has 25 heavy (non-hydrogen) atoms. The molecule has 1 amide bonds. The van der Waals surface area contributed by atoms with Crippen molar-refractivity contribution in [3.63, 3.8) is 0 Å². The minimum atomic E-state index is -0.483. The molecule has 1 atom stereocenters. The first-order chi connectivity index (χ1) is 12.0. The first kappa shape index (κ1) is 17.3. The van der Waals surface area contributed by atoms with Gasteiger partial charge >= 0.3 is 5.97 Å². The van der Waals surface area contributed by atoms with Gasteiger partial charge in [0.15, 0.2) is 18.1 Å². The van der Waals surface area contributed by atoms with Crippen LogP contribution in [0.4, 0.5) is 0 Å². The quantitative estimate of drug-likeness (QED) is 0.828. The van der Waals surface area contributed by atoms with Gasteiger partial charge in [-0.05, 0) is 32.0 Å². The lowest BCUT2D eigenvalue weighted by atomic mass is 10.2. The number of hydrogen-bond donors (Lipinski definition) is 1. The van der Waals surface area contributed by atoms with Gasteiger partial charge in [-0.25, -0.2) is 4.79 Å². The molecule has 1 aliphatic heterocycles. The topological polar surface area (TPSA) is 73.9 Å². The zero-order chi connectivity index (χ0) is 17.8. The van der Waals surface area contributed by atoms with Crippen molar-refractivity contribution >= 4 is 23.2 Å². The summed E-state index contributed by atoms with van der Waals surface area (Å²) in [5.74, 6) is 0.492. The highest BCUT2D eigenvalue weighted by Crippen LogP contribution is 2.30. The number of carbonyl (C=O) groups is 2. The molecular weight excluding hydrogens is 342 g/mol. The largest absolute Gasteiger partial charge is 0.486 e. The van der Waals surface area contributed by atoms with Crippen LogP contribution in [0, 0.1) is 13.8 Å². The lowest BCUT2D eigenvalue weighted by Gasteiger charge is -2.26. The molecule has 6 nitrogen and oxygen atoms in total. The molecule has 0 bridgehead atoms. The van der Waals surface area contributed by atoms with E-state index in [-0.39, 0.29) is 25.2 Å². The van der Waals surface area contributed by atoms with Crippen molar-refractivity contribution in [3.8, 4) is 11.5 Å². The summed E-state index contributed by atoms with van der Waals surface area (Å²) < 4.78 is 16.4. The van der Waals surface area contributed by atoms with Crippen molar-refractivity contribution in [2.45, 2.75) is 20.0 Å². The summed E-state index contributed by atoms with van der Waals surface area (Å²) in [4.78, 5) is 25.8. The molecule has 2 aromatic rings. The summed E-state index contributed by atoms with van der Waals surface area (Å²) in [7, 11) is 0. The normalized spacial score (nSPS) is 15.5. The number of para-hydroxylation sites is 2. The van der Waals surface area contributed by atoms with Crippen LogP contribution in [0.15, 0.2) is 30.3 Å². The minimum absolute atomic E-state index is 0.279. The molecule has 0 radical (unpaired) electrons. The molecule has 0 spiro atoms. The number of amides is 1. The van der Waals surface area contributed by atoms with E-state index in [1.807, 2.05) is 38.1 Å². The van der Waals surface area contributed by atoms with Crippen LogP contribution >= 0.6 is 11.3 Å². The third-order valence-corrected chi connectivity index (χ3v) is 4.66. The maximum absolute atomic E-state index is 12.0. The van der Waals surface area contributed by atoms with Crippen LogP contribution in [0.2, 0.25) is 0 Å².